The van der Waals surface area contributed by atoms with E-state index in [-0.39, 0.29) is 17.1 Å². The largest absolute Gasteiger partial charge is 0.492 e. The maximum atomic E-state index is 13.3. The van der Waals surface area contributed by atoms with Crippen molar-refractivity contribution in [1.29, 1.82) is 0 Å². The molecule has 2 unspecified atom stereocenters. The number of halogens is 1. The Hall–Kier alpha value is -1.52. The van der Waals surface area contributed by atoms with Crippen molar-refractivity contribution in [3.8, 4) is 5.75 Å². The van der Waals surface area contributed by atoms with Crippen molar-refractivity contribution in [1.82, 2.24) is 5.32 Å². The van der Waals surface area contributed by atoms with Gasteiger partial charge in [0.2, 0.25) is 0 Å². The normalized spacial score (nSPS) is 20.7. The van der Waals surface area contributed by atoms with Crippen LogP contribution in [0.4, 0.5) is 4.39 Å². The van der Waals surface area contributed by atoms with E-state index in [1.807, 2.05) is 24.3 Å². The quantitative estimate of drug-likeness (QED) is 0.921. The van der Waals surface area contributed by atoms with Crippen molar-refractivity contribution in [2.24, 2.45) is 0 Å². The second-order valence-corrected chi connectivity index (χ2v) is 6.31. The van der Waals surface area contributed by atoms with Gasteiger partial charge < -0.3 is 10.1 Å². The molecule has 21 heavy (non-hydrogen) atoms. The molecule has 4 heteroatoms. The monoisotopic (exact) mass is 303 g/mol. The van der Waals surface area contributed by atoms with Crippen molar-refractivity contribution >= 4 is 11.8 Å². The second-order valence-electron chi connectivity index (χ2n) is 5.00. The number of rotatable bonds is 4. The van der Waals surface area contributed by atoms with Gasteiger partial charge in [0.15, 0.2) is 0 Å². The second kappa shape index (κ2) is 6.50. The van der Waals surface area contributed by atoms with Crippen LogP contribution in [-0.2, 0) is 0 Å². The van der Waals surface area contributed by atoms with Crippen LogP contribution in [-0.4, -0.2) is 18.4 Å². The lowest BCUT2D eigenvalue weighted by Gasteiger charge is -2.33. The average molecular weight is 303 g/mol. The molecule has 0 amide bonds. The third-order valence-corrected chi connectivity index (χ3v) is 4.77. The van der Waals surface area contributed by atoms with E-state index in [9.17, 15) is 4.39 Å². The molecule has 0 aromatic heterocycles. The van der Waals surface area contributed by atoms with E-state index >= 15 is 0 Å². The third kappa shape index (κ3) is 3.22. The number of benzene rings is 2. The molecule has 2 atom stereocenters. The number of nitrogens with one attached hydrogen (secondary N) is 1. The van der Waals surface area contributed by atoms with E-state index < -0.39 is 0 Å². The van der Waals surface area contributed by atoms with Crippen molar-refractivity contribution in [2.45, 2.75) is 23.1 Å². The third-order valence-electron chi connectivity index (χ3n) is 3.54. The van der Waals surface area contributed by atoms with Crippen LogP contribution in [0.5, 0.6) is 5.75 Å². The zero-order chi connectivity index (χ0) is 14.7. The van der Waals surface area contributed by atoms with Gasteiger partial charge in [0.1, 0.15) is 18.2 Å². The van der Waals surface area contributed by atoms with Gasteiger partial charge in [-0.15, -0.1) is 11.8 Å². The number of ether oxygens (including phenoxy) is 1. The van der Waals surface area contributed by atoms with E-state index in [4.69, 9.17) is 4.74 Å². The predicted molar refractivity (Wildman–Crippen MR) is 84.4 cm³/mol. The molecule has 0 aliphatic carbocycles. The SMILES string of the molecule is CCNC1c2ccccc2OCC1Sc1cccc(F)c1. The van der Waals surface area contributed by atoms with Gasteiger partial charge in [-0.2, -0.15) is 0 Å². The molecule has 0 saturated carbocycles. The summed E-state index contributed by atoms with van der Waals surface area (Å²) in [5, 5.41) is 3.75. The van der Waals surface area contributed by atoms with Crippen molar-refractivity contribution in [3.05, 3.63) is 59.9 Å². The summed E-state index contributed by atoms with van der Waals surface area (Å²) in [4.78, 5) is 0.936. The molecule has 0 fully saturated rings. The van der Waals surface area contributed by atoms with Gasteiger partial charge in [0, 0.05) is 10.5 Å². The first kappa shape index (κ1) is 14.4. The van der Waals surface area contributed by atoms with Crippen molar-refractivity contribution in [2.75, 3.05) is 13.2 Å². The fourth-order valence-electron chi connectivity index (χ4n) is 2.62. The van der Waals surface area contributed by atoms with E-state index in [2.05, 4.69) is 18.3 Å². The van der Waals surface area contributed by atoms with E-state index in [0.717, 1.165) is 17.2 Å². The van der Waals surface area contributed by atoms with Crippen LogP contribution in [0.3, 0.4) is 0 Å². The molecule has 0 saturated heterocycles. The lowest BCUT2D eigenvalue weighted by atomic mass is 10.0. The van der Waals surface area contributed by atoms with Crippen LogP contribution in [0.2, 0.25) is 0 Å². The summed E-state index contributed by atoms with van der Waals surface area (Å²) >= 11 is 1.66. The van der Waals surface area contributed by atoms with Crippen molar-refractivity contribution in [3.63, 3.8) is 0 Å². The number of hydrogen-bond donors (Lipinski definition) is 1. The van der Waals surface area contributed by atoms with Gasteiger partial charge in [-0.1, -0.05) is 31.2 Å². The van der Waals surface area contributed by atoms with Gasteiger partial charge >= 0.3 is 0 Å². The molecular weight excluding hydrogens is 285 g/mol. The molecule has 0 spiro atoms. The van der Waals surface area contributed by atoms with Crippen LogP contribution < -0.4 is 10.1 Å². The highest BCUT2D eigenvalue weighted by Gasteiger charge is 2.30. The number of hydrogen-bond acceptors (Lipinski definition) is 3. The summed E-state index contributed by atoms with van der Waals surface area (Å²) in [6.07, 6.45) is 0. The summed E-state index contributed by atoms with van der Waals surface area (Å²) < 4.78 is 19.2. The Morgan fingerprint density at radius 1 is 1.24 bits per heavy atom. The fourth-order valence-corrected chi connectivity index (χ4v) is 3.82. The molecule has 1 aliphatic heterocycles. The van der Waals surface area contributed by atoms with E-state index in [1.165, 1.54) is 11.6 Å². The highest BCUT2D eigenvalue weighted by molar-refractivity contribution is 8.00. The number of thioether (sulfide) groups is 1. The van der Waals surface area contributed by atoms with Crippen LogP contribution in [0.1, 0.15) is 18.5 Å². The van der Waals surface area contributed by atoms with Crippen molar-refractivity contribution < 1.29 is 9.13 Å². The zero-order valence-corrected chi connectivity index (χ0v) is 12.7. The Morgan fingerprint density at radius 2 is 2.10 bits per heavy atom. The minimum atomic E-state index is -0.197. The Balaban J connectivity index is 1.85. The topological polar surface area (TPSA) is 21.3 Å². The average Bonchev–Trinajstić information content (AvgIpc) is 2.50. The molecule has 2 aromatic carbocycles. The van der Waals surface area contributed by atoms with Crippen LogP contribution in [0, 0.1) is 5.82 Å². The van der Waals surface area contributed by atoms with Crippen LogP contribution in [0.25, 0.3) is 0 Å². The van der Waals surface area contributed by atoms with Gasteiger partial charge in [0.25, 0.3) is 0 Å². The van der Waals surface area contributed by atoms with Crippen LogP contribution >= 0.6 is 11.8 Å². The molecule has 1 aliphatic rings. The summed E-state index contributed by atoms with van der Waals surface area (Å²) in [5.74, 6) is 0.747. The Labute approximate surface area is 128 Å². The predicted octanol–water partition coefficient (Wildman–Crippen LogP) is 4.03. The lowest BCUT2D eigenvalue weighted by molar-refractivity contribution is 0.261. The van der Waals surface area contributed by atoms with Crippen LogP contribution in [0.15, 0.2) is 53.4 Å². The molecular formula is C17H18FNOS. The smallest absolute Gasteiger partial charge is 0.124 e. The molecule has 0 bridgehead atoms. The van der Waals surface area contributed by atoms with E-state index in [1.54, 1.807) is 23.9 Å². The Bertz CT molecular complexity index is 619. The van der Waals surface area contributed by atoms with E-state index in [0.29, 0.717) is 6.61 Å². The maximum Gasteiger partial charge on any atom is 0.124 e. The molecule has 1 heterocycles. The molecule has 0 radical (unpaired) electrons. The van der Waals surface area contributed by atoms with Gasteiger partial charge in [-0.25, -0.2) is 4.39 Å². The number of para-hydroxylation sites is 1. The minimum absolute atomic E-state index is 0.197. The van der Waals surface area contributed by atoms with Gasteiger partial charge in [0.05, 0.1) is 11.3 Å². The molecule has 1 N–H and O–H groups in total. The highest BCUT2D eigenvalue weighted by Crippen LogP contribution is 2.39. The summed E-state index contributed by atoms with van der Waals surface area (Å²) in [6.45, 7) is 3.61. The fraction of sp³-hybridized carbons (Fsp3) is 0.294. The maximum absolute atomic E-state index is 13.3. The minimum Gasteiger partial charge on any atom is -0.492 e. The molecule has 2 aromatic rings. The molecule has 3 rings (SSSR count). The first-order chi connectivity index (χ1) is 10.3. The van der Waals surface area contributed by atoms with Gasteiger partial charge in [-0.3, -0.25) is 0 Å². The highest BCUT2D eigenvalue weighted by atomic mass is 32.2. The summed E-state index contributed by atoms with van der Waals surface area (Å²) in [6, 6.07) is 15.1. The zero-order valence-electron chi connectivity index (χ0n) is 11.9. The Kier molecular flexibility index (Phi) is 4.46. The number of fused-ring (bicyclic) bond motifs is 1. The standard InChI is InChI=1S/C17H18FNOS/c1-2-19-17-14-8-3-4-9-15(14)20-11-16(17)21-13-7-5-6-12(18)10-13/h3-10,16-17,19H,2,11H2,1H3. The summed E-state index contributed by atoms with van der Waals surface area (Å²) in [5.41, 5.74) is 1.18. The lowest BCUT2D eigenvalue weighted by Crippen LogP contribution is -2.37. The first-order valence-corrected chi connectivity index (χ1v) is 8.03. The van der Waals surface area contributed by atoms with Gasteiger partial charge in [-0.05, 0) is 30.8 Å². The molecule has 110 valence electrons. The first-order valence-electron chi connectivity index (χ1n) is 7.15. The molecule has 2 nitrogen and oxygen atoms in total. The Morgan fingerprint density at radius 3 is 2.90 bits per heavy atom. The summed E-state index contributed by atoms with van der Waals surface area (Å²) in [7, 11) is 0.